The quantitative estimate of drug-likeness (QED) is 0.715. The van der Waals surface area contributed by atoms with Crippen LogP contribution in [0.4, 0.5) is 5.69 Å². The predicted octanol–water partition coefficient (Wildman–Crippen LogP) is 1.72. The van der Waals surface area contributed by atoms with Gasteiger partial charge < -0.3 is 10.1 Å². The maximum absolute atomic E-state index is 10.8. The summed E-state index contributed by atoms with van der Waals surface area (Å²) >= 11 is 0. The van der Waals surface area contributed by atoms with E-state index in [1.54, 1.807) is 0 Å². The van der Waals surface area contributed by atoms with Crippen molar-refractivity contribution >= 4 is 11.7 Å². The van der Waals surface area contributed by atoms with Gasteiger partial charge in [0.05, 0.1) is 0 Å². The smallest absolute Gasteiger partial charge is 0.353 e. The number of cyclic esters (lactones) is 1. The number of para-hydroxylation sites is 1. The van der Waals surface area contributed by atoms with Crippen molar-refractivity contribution in [3.05, 3.63) is 29.8 Å². The van der Waals surface area contributed by atoms with Crippen LogP contribution in [0.15, 0.2) is 24.3 Å². The first-order chi connectivity index (χ1) is 6.33. The number of hydrogen-bond acceptors (Lipinski definition) is 3. The minimum absolute atomic E-state index is 0.134. The molecule has 1 unspecified atom stereocenters. The Morgan fingerprint density at radius 3 is 2.77 bits per heavy atom. The third-order valence-electron chi connectivity index (χ3n) is 2.00. The molecule has 13 heavy (non-hydrogen) atoms. The predicted molar refractivity (Wildman–Crippen MR) is 49.4 cm³/mol. The molecule has 1 fully saturated rings. The number of hydrogen-bond donors (Lipinski definition) is 1. The van der Waals surface area contributed by atoms with Gasteiger partial charge in [-0.3, -0.25) is 0 Å². The molecule has 1 atom stereocenters. The largest absolute Gasteiger partial charge is 0.442 e. The Hall–Kier alpha value is -1.51. The summed E-state index contributed by atoms with van der Waals surface area (Å²) in [4.78, 5) is 10.8. The average molecular weight is 177 g/mol. The summed E-state index contributed by atoms with van der Waals surface area (Å²) in [7, 11) is 0. The van der Waals surface area contributed by atoms with E-state index in [4.69, 9.17) is 4.74 Å². The molecular weight excluding hydrogens is 166 g/mol. The maximum atomic E-state index is 10.8. The molecule has 0 radical (unpaired) electrons. The van der Waals surface area contributed by atoms with Crippen LogP contribution in [0.1, 0.15) is 18.6 Å². The first-order valence-electron chi connectivity index (χ1n) is 4.36. The molecule has 0 aromatic heterocycles. The second kappa shape index (κ2) is 3.09. The number of ether oxygens (including phenoxy) is 1. The first-order valence-corrected chi connectivity index (χ1v) is 4.36. The molecule has 1 aromatic carbocycles. The topological polar surface area (TPSA) is 41.6 Å². The highest BCUT2D eigenvalue weighted by molar-refractivity contribution is 5.90. The van der Waals surface area contributed by atoms with Gasteiger partial charge in [0.25, 0.3) is 0 Å². The van der Waals surface area contributed by atoms with E-state index in [1.165, 1.54) is 0 Å². The first kappa shape index (κ1) is 8.10. The monoisotopic (exact) mass is 177 g/mol. The number of nitrogens with one attached hydrogen (secondary N) is 1. The molecular formula is C10H11NO2. The molecule has 1 N–H and O–H groups in total. The van der Waals surface area contributed by atoms with Crippen molar-refractivity contribution in [3.8, 4) is 0 Å². The summed E-state index contributed by atoms with van der Waals surface area (Å²) in [6, 6.07) is 7.71. The van der Waals surface area contributed by atoms with E-state index >= 15 is 0 Å². The molecule has 1 aromatic rings. The fourth-order valence-corrected chi connectivity index (χ4v) is 1.35. The zero-order chi connectivity index (χ0) is 9.26. The van der Waals surface area contributed by atoms with Gasteiger partial charge in [-0.15, -0.1) is 0 Å². The molecule has 2 rings (SSSR count). The number of carbonyl (C=O) groups excluding carboxylic acids is 1. The molecule has 0 spiro atoms. The molecule has 1 heterocycles. The maximum Gasteiger partial charge on any atom is 0.353 e. The summed E-state index contributed by atoms with van der Waals surface area (Å²) < 4.78 is 4.81. The lowest BCUT2D eigenvalue weighted by atomic mass is 10.1. The van der Waals surface area contributed by atoms with Crippen LogP contribution in [-0.2, 0) is 9.53 Å². The van der Waals surface area contributed by atoms with Gasteiger partial charge in [-0.1, -0.05) is 18.2 Å². The molecule has 1 saturated heterocycles. The lowest BCUT2D eigenvalue weighted by molar-refractivity contribution is -0.117. The van der Waals surface area contributed by atoms with Gasteiger partial charge in [0.1, 0.15) is 0 Å². The summed E-state index contributed by atoms with van der Waals surface area (Å²) in [6.07, 6.45) is -0.324. The summed E-state index contributed by atoms with van der Waals surface area (Å²) in [5.74, 6) is -0.134. The van der Waals surface area contributed by atoms with Crippen LogP contribution in [0.25, 0.3) is 0 Å². The lowest BCUT2D eigenvalue weighted by Gasteiger charge is -2.06. The van der Waals surface area contributed by atoms with Gasteiger partial charge in [0.2, 0.25) is 6.10 Å². The molecule has 0 saturated carbocycles. The van der Waals surface area contributed by atoms with E-state index in [-0.39, 0.29) is 12.1 Å². The normalized spacial score (nSPS) is 19.5. The molecule has 0 bridgehead atoms. The minimum Gasteiger partial charge on any atom is -0.442 e. The Labute approximate surface area is 76.7 Å². The molecule has 0 amide bonds. The van der Waals surface area contributed by atoms with Gasteiger partial charge in [-0.05, 0) is 13.0 Å². The van der Waals surface area contributed by atoms with Crippen LogP contribution in [0.5, 0.6) is 0 Å². The Bertz CT molecular complexity index is 335. The number of benzene rings is 1. The number of carbonyl (C=O) groups is 1. The number of anilines is 1. The fourth-order valence-electron chi connectivity index (χ4n) is 1.35. The van der Waals surface area contributed by atoms with Crippen LogP contribution in [-0.4, -0.2) is 12.5 Å². The van der Waals surface area contributed by atoms with Crippen molar-refractivity contribution in [2.75, 3.05) is 11.9 Å². The number of epoxide rings is 1. The summed E-state index contributed by atoms with van der Waals surface area (Å²) in [6.45, 7) is 2.87. The van der Waals surface area contributed by atoms with Crippen molar-refractivity contribution in [3.63, 3.8) is 0 Å². The molecule has 1 aliphatic rings. The van der Waals surface area contributed by atoms with Crippen molar-refractivity contribution in [1.29, 1.82) is 0 Å². The zero-order valence-electron chi connectivity index (χ0n) is 7.41. The molecule has 3 heteroatoms. The van der Waals surface area contributed by atoms with Crippen LogP contribution >= 0.6 is 0 Å². The van der Waals surface area contributed by atoms with Crippen LogP contribution in [0, 0.1) is 0 Å². The Kier molecular flexibility index (Phi) is 1.93. The van der Waals surface area contributed by atoms with Gasteiger partial charge in [0.15, 0.2) is 0 Å². The fraction of sp³-hybridized carbons (Fsp3) is 0.300. The van der Waals surface area contributed by atoms with Gasteiger partial charge in [0, 0.05) is 17.8 Å². The van der Waals surface area contributed by atoms with Gasteiger partial charge >= 0.3 is 5.97 Å². The summed E-state index contributed by atoms with van der Waals surface area (Å²) in [5, 5.41) is 3.19. The second-order valence-corrected chi connectivity index (χ2v) is 2.93. The standard InChI is InChI=1S/C10H11NO2/c1-2-11-8-6-4-3-5-7(8)9-10(12)13-9/h3-6,9,11H,2H2,1H3. The average Bonchev–Trinajstić information content (AvgIpc) is 2.84. The third-order valence-corrected chi connectivity index (χ3v) is 2.00. The highest BCUT2D eigenvalue weighted by Crippen LogP contribution is 2.36. The van der Waals surface area contributed by atoms with Gasteiger partial charge in [-0.2, -0.15) is 0 Å². The molecule has 68 valence electrons. The molecule has 3 nitrogen and oxygen atoms in total. The third kappa shape index (κ3) is 1.49. The van der Waals surface area contributed by atoms with Crippen molar-refractivity contribution in [1.82, 2.24) is 0 Å². The van der Waals surface area contributed by atoms with E-state index in [0.29, 0.717) is 0 Å². The van der Waals surface area contributed by atoms with Crippen LogP contribution in [0.3, 0.4) is 0 Å². The van der Waals surface area contributed by atoms with Crippen LogP contribution < -0.4 is 5.32 Å². The second-order valence-electron chi connectivity index (χ2n) is 2.93. The van der Waals surface area contributed by atoms with E-state index in [0.717, 1.165) is 17.8 Å². The Morgan fingerprint density at radius 1 is 1.46 bits per heavy atom. The van der Waals surface area contributed by atoms with Gasteiger partial charge in [-0.25, -0.2) is 4.79 Å². The van der Waals surface area contributed by atoms with Crippen molar-refractivity contribution in [2.45, 2.75) is 13.0 Å². The Balaban J connectivity index is 2.27. The Morgan fingerprint density at radius 2 is 2.15 bits per heavy atom. The lowest BCUT2D eigenvalue weighted by Crippen LogP contribution is -2.00. The summed E-state index contributed by atoms with van der Waals surface area (Å²) in [5.41, 5.74) is 1.93. The highest BCUT2D eigenvalue weighted by atomic mass is 16.6. The minimum atomic E-state index is -0.324. The van der Waals surface area contributed by atoms with E-state index in [9.17, 15) is 4.79 Å². The molecule has 0 aliphatic carbocycles. The van der Waals surface area contributed by atoms with E-state index in [2.05, 4.69) is 5.32 Å². The number of rotatable bonds is 3. The van der Waals surface area contributed by atoms with Crippen molar-refractivity contribution < 1.29 is 9.53 Å². The highest BCUT2D eigenvalue weighted by Gasteiger charge is 2.40. The molecule has 1 aliphatic heterocycles. The van der Waals surface area contributed by atoms with E-state index < -0.39 is 0 Å². The van der Waals surface area contributed by atoms with E-state index in [1.807, 2.05) is 31.2 Å². The zero-order valence-corrected chi connectivity index (χ0v) is 7.41. The SMILES string of the molecule is CCNc1ccccc1C1OC1=O. The van der Waals surface area contributed by atoms with Crippen molar-refractivity contribution in [2.24, 2.45) is 0 Å². The van der Waals surface area contributed by atoms with Crippen LogP contribution in [0.2, 0.25) is 0 Å².